The van der Waals surface area contributed by atoms with E-state index in [0.717, 1.165) is 25.6 Å². The molecule has 1 saturated carbocycles. The van der Waals surface area contributed by atoms with Crippen LogP contribution in [-0.4, -0.2) is 41.1 Å². The molecule has 1 aliphatic carbocycles. The van der Waals surface area contributed by atoms with E-state index in [9.17, 15) is 9.18 Å². The Labute approximate surface area is 117 Å². The number of benzene rings is 1. The lowest BCUT2D eigenvalue weighted by molar-refractivity contribution is 0.0696. The molecule has 2 aliphatic rings. The molecule has 1 aliphatic heterocycles. The largest absolute Gasteiger partial charge is 0.478 e. The zero-order chi connectivity index (χ0) is 14.1. The van der Waals surface area contributed by atoms with Crippen LogP contribution in [0.5, 0.6) is 0 Å². The third kappa shape index (κ3) is 2.99. The second-order valence-corrected chi connectivity index (χ2v) is 5.70. The Morgan fingerprint density at radius 1 is 1.40 bits per heavy atom. The molecule has 1 aromatic rings. The quantitative estimate of drug-likeness (QED) is 0.863. The van der Waals surface area contributed by atoms with Crippen LogP contribution in [0.15, 0.2) is 18.2 Å². The summed E-state index contributed by atoms with van der Waals surface area (Å²) in [5.74, 6) is -1.37. The van der Waals surface area contributed by atoms with Crippen molar-refractivity contribution in [2.24, 2.45) is 0 Å². The summed E-state index contributed by atoms with van der Waals surface area (Å²) < 4.78 is 13.7. The number of hydrogen-bond donors (Lipinski definition) is 2. The van der Waals surface area contributed by atoms with Crippen molar-refractivity contribution in [3.05, 3.63) is 35.1 Å². The molecule has 1 aromatic carbocycles. The molecule has 0 aromatic heterocycles. The summed E-state index contributed by atoms with van der Waals surface area (Å²) in [6.45, 7) is 2.51. The molecule has 4 nitrogen and oxygen atoms in total. The lowest BCUT2D eigenvalue weighted by Gasteiger charge is -2.16. The smallest absolute Gasteiger partial charge is 0.335 e. The fourth-order valence-corrected chi connectivity index (χ4v) is 2.82. The Balaban J connectivity index is 1.57. The van der Waals surface area contributed by atoms with E-state index in [2.05, 4.69) is 10.2 Å². The lowest BCUT2D eigenvalue weighted by atomic mass is 10.1. The standard InChI is InChI=1S/C15H19FN2O2/c16-14-4-1-10(15(19)20)7-11(14)8-17-12-5-6-18(9-12)13-2-3-13/h1,4,7,12-13,17H,2-3,5-6,8-9H2,(H,19,20). The van der Waals surface area contributed by atoms with E-state index >= 15 is 0 Å². The maximum absolute atomic E-state index is 13.7. The van der Waals surface area contributed by atoms with Gasteiger partial charge < -0.3 is 10.4 Å². The first-order chi connectivity index (χ1) is 9.63. The van der Waals surface area contributed by atoms with Crippen LogP contribution in [0.3, 0.4) is 0 Å². The Kier molecular flexibility index (Phi) is 3.72. The van der Waals surface area contributed by atoms with Gasteiger partial charge in [-0.2, -0.15) is 0 Å². The molecule has 1 heterocycles. The first-order valence-corrected chi connectivity index (χ1v) is 7.12. The van der Waals surface area contributed by atoms with Gasteiger partial charge in [-0.3, -0.25) is 4.90 Å². The van der Waals surface area contributed by atoms with E-state index in [0.29, 0.717) is 18.2 Å². The Hall–Kier alpha value is -1.46. The molecule has 5 heteroatoms. The topological polar surface area (TPSA) is 52.6 Å². The summed E-state index contributed by atoms with van der Waals surface area (Å²) >= 11 is 0. The summed E-state index contributed by atoms with van der Waals surface area (Å²) in [6.07, 6.45) is 3.70. The molecule has 0 bridgehead atoms. The average Bonchev–Trinajstić information content (AvgIpc) is 3.17. The molecule has 0 spiro atoms. The minimum Gasteiger partial charge on any atom is -0.478 e. The van der Waals surface area contributed by atoms with Crippen molar-refractivity contribution in [1.82, 2.24) is 10.2 Å². The van der Waals surface area contributed by atoms with Gasteiger partial charge in [-0.25, -0.2) is 9.18 Å². The molecular formula is C15H19FN2O2. The van der Waals surface area contributed by atoms with Gasteiger partial charge in [0, 0.05) is 37.3 Å². The van der Waals surface area contributed by atoms with Crippen molar-refractivity contribution in [2.45, 2.75) is 37.9 Å². The average molecular weight is 278 g/mol. The molecule has 1 unspecified atom stereocenters. The summed E-state index contributed by atoms with van der Waals surface area (Å²) in [7, 11) is 0. The molecular weight excluding hydrogens is 259 g/mol. The lowest BCUT2D eigenvalue weighted by Crippen LogP contribution is -2.33. The molecule has 108 valence electrons. The van der Waals surface area contributed by atoms with Crippen LogP contribution in [0.2, 0.25) is 0 Å². The number of carboxylic acid groups (broad SMARTS) is 1. The third-order valence-electron chi connectivity index (χ3n) is 4.16. The maximum Gasteiger partial charge on any atom is 0.335 e. The fraction of sp³-hybridized carbons (Fsp3) is 0.533. The molecule has 3 rings (SSSR count). The highest BCUT2D eigenvalue weighted by Gasteiger charge is 2.34. The van der Waals surface area contributed by atoms with Gasteiger partial charge in [-0.15, -0.1) is 0 Å². The van der Waals surface area contributed by atoms with E-state index in [1.54, 1.807) is 0 Å². The first kappa shape index (κ1) is 13.5. The van der Waals surface area contributed by atoms with Crippen LogP contribution in [0.25, 0.3) is 0 Å². The van der Waals surface area contributed by atoms with Crippen molar-refractivity contribution in [3.63, 3.8) is 0 Å². The summed E-state index contributed by atoms with van der Waals surface area (Å²) in [5, 5.41) is 12.3. The van der Waals surface area contributed by atoms with Crippen molar-refractivity contribution in [3.8, 4) is 0 Å². The summed E-state index contributed by atoms with van der Waals surface area (Å²) in [4.78, 5) is 13.4. The van der Waals surface area contributed by atoms with Crippen LogP contribution in [0.4, 0.5) is 4.39 Å². The molecule has 0 radical (unpaired) electrons. The van der Waals surface area contributed by atoms with Gasteiger partial charge in [-0.1, -0.05) is 0 Å². The number of aromatic carboxylic acids is 1. The SMILES string of the molecule is O=C(O)c1ccc(F)c(CNC2CCN(C3CC3)C2)c1. The van der Waals surface area contributed by atoms with E-state index in [-0.39, 0.29) is 11.4 Å². The van der Waals surface area contributed by atoms with Crippen LogP contribution in [0.1, 0.15) is 35.2 Å². The molecule has 1 saturated heterocycles. The summed E-state index contributed by atoms with van der Waals surface area (Å²) in [6, 6.07) is 5.09. The fourth-order valence-electron chi connectivity index (χ4n) is 2.82. The molecule has 20 heavy (non-hydrogen) atoms. The Morgan fingerprint density at radius 3 is 2.90 bits per heavy atom. The predicted octanol–water partition coefficient (Wildman–Crippen LogP) is 1.85. The van der Waals surface area contributed by atoms with Gasteiger partial charge in [0.25, 0.3) is 0 Å². The van der Waals surface area contributed by atoms with Gasteiger partial charge in [0.2, 0.25) is 0 Å². The van der Waals surface area contributed by atoms with Crippen LogP contribution in [0, 0.1) is 5.82 Å². The van der Waals surface area contributed by atoms with Crippen molar-refractivity contribution >= 4 is 5.97 Å². The number of carboxylic acids is 1. The number of likely N-dealkylation sites (tertiary alicyclic amines) is 1. The van der Waals surface area contributed by atoms with Gasteiger partial charge in [0.1, 0.15) is 5.82 Å². The number of hydrogen-bond acceptors (Lipinski definition) is 3. The van der Waals surface area contributed by atoms with Crippen molar-refractivity contribution < 1.29 is 14.3 Å². The van der Waals surface area contributed by atoms with E-state index < -0.39 is 5.97 Å². The van der Waals surface area contributed by atoms with Gasteiger partial charge in [0.05, 0.1) is 5.56 Å². The Bertz CT molecular complexity index is 517. The van der Waals surface area contributed by atoms with E-state index in [1.165, 1.54) is 31.0 Å². The minimum absolute atomic E-state index is 0.134. The molecule has 1 atom stereocenters. The van der Waals surface area contributed by atoms with Crippen molar-refractivity contribution in [1.29, 1.82) is 0 Å². The van der Waals surface area contributed by atoms with Crippen molar-refractivity contribution in [2.75, 3.05) is 13.1 Å². The number of carbonyl (C=O) groups is 1. The highest BCUT2D eigenvalue weighted by atomic mass is 19.1. The molecule has 2 fully saturated rings. The normalized spacial score (nSPS) is 23.1. The number of nitrogens with one attached hydrogen (secondary N) is 1. The highest BCUT2D eigenvalue weighted by Crippen LogP contribution is 2.29. The number of nitrogens with zero attached hydrogens (tertiary/aromatic N) is 1. The first-order valence-electron chi connectivity index (χ1n) is 7.12. The second-order valence-electron chi connectivity index (χ2n) is 5.70. The van der Waals surface area contributed by atoms with E-state index in [4.69, 9.17) is 5.11 Å². The number of rotatable bonds is 5. The van der Waals surface area contributed by atoms with Gasteiger partial charge in [0.15, 0.2) is 0 Å². The van der Waals surface area contributed by atoms with Crippen LogP contribution < -0.4 is 5.32 Å². The minimum atomic E-state index is -1.02. The number of halogens is 1. The summed E-state index contributed by atoms with van der Waals surface area (Å²) in [5.41, 5.74) is 0.559. The third-order valence-corrected chi connectivity index (χ3v) is 4.16. The zero-order valence-electron chi connectivity index (χ0n) is 11.3. The maximum atomic E-state index is 13.7. The monoisotopic (exact) mass is 278 g/mol. The highest BCUT2D eigenvalue weighted by molar-refractivity contribution is 5.87. The zero-order valence-corrected chi connectivity index (χ0v) is 11.3. The van der Waals surface area contributed by atoms with E-state index in [1.807, 2.05) is 0 Å². The Morgan fingerprint density at radius 2 is 2.20 bits per heavy atom. The molecule has 0 amide bonds. The predicted molar refractivity (Wildman–Crippen MR) is 73.2 cm³/mol. The van der Waals surface area contributed by atoms with Crippen LogP contribution in [-0.2, 0) is 6.54 Å². The van der Waals surface area contributed by atoms with Gasteiger partial charge >= 0.3 is 5.97 Å². The second kappa shape index (κ2) is 5.50. The molecule has 2 N–H and O–H groups in total. The van der Waals surface area contributed by atoms with Gasteiger partial charge in [-0.05, 0) is 37.5 Å². The van der Waals surface area contributed by atoms with Crippen LogP contribution >= 0.6 is 0 Å².